The van der Waals surface area contributed by atoms with Crippen molar-refractivity contribution < 1.29 is 9.13 Å². The van der Waals surface area contributed by atoms with Crippen LogP contribution in [0.15, 0.2) is 28.8 Å². The molecule has 0 atom stereocenters. The van der Waals surface area contributed by atoms with Gasteiger partial charge >= 0.3 is 0 Å². The van der Waals surface area contributed by atoms with Gasteiger partial charge in [0.05, 0.1) is 9.50 Å². The normalized spacial score (nSPS) is 10.4. The van der Waals surface area contributed by atoms with Gasteiger partial charge in [0.1, 0.15) is 18.2 Å². The lowest BCUT2D eigenvalue weighted by Crippen LogP contribution is -2.18. The summed E-state index contributed by atoms with van der Waals surface area (Å²) >= 11 is 8.89. The van der Waals surface area contributed by atoms with Crippen molar-refractivity contribution >= 4 is 27.5 Å². The molecule has 1 aromatic carbocycles. The lowest BCUT2D eigenvalue weighted by molar-refractivity contribution is 0.344. The molecule has 0 amide bonds. The van der Waals surface area contributed by atoms with Crippen molar-refractivity contribution in [1.29, 1.82) is 0 Å². The third kappa shape index (κ3) is 4.66. The van der Waals surface area contributed by atoms with E-state index in [0.717, 1.165) is 12.1 Å². The van der Waals surface area contributed by atoms with Crippen LogP contribution in [0, 0.1) is 5.82 Å². The van der Waals surface area contributed by atoms with E-state index in [9.17, 15) is 4.39 Å². The van der Waals surface area contributed by atoms with Gasteiger partial charge in [0.25, 0.3) is 0 Å². The van der Waals surface area contributed by atoms with E-state index >= 15 is 0 Å². The molecule has 1 N–H and O–H groups in total. The molecule has 0 heterocycles. The molecule has 0 aliphatic heterocycles. The van der Waals surface area contributed by atoms with E-state index in [-0.39, 0.29) is 5.02 Å². The Kier molecular flexibility index (Phi) is 5.95. The fourth-order valence-electron chi connectivity index (χ4n) is 1.15. The molecule has 0 spiro atoms. The van der Waals surface area contributed by atoms with E-state index < -0.39 is 5.82 Å². The zero-order valence-corrected chi connectivity index (χ0v) is 11.9. The SMILES string of the molecule is C=C(CNCC)COc1cc(F)c(Cl)cc1Br. The van der Waals surface area contributed by atoms with Gasteiger partial charge < -0.3 is 10.1 Å². The van der Waals surface area contributed by atoms with Crippen molar-refractivity contribution in [1.82, 2.24) is 5.32 Å². The minimum absolute atomic E-state index is 0.0655. The largest absolute Gasteiger partial charge is 0.488 e. The van der Waals surface area contributed by atoms with Crippen LogP contribution in [0.5, 0.6) is 5.75 Å². The zero-order chi connectivity index (χ0) is 12.8. The highest BCUT2D eigenvalue weighted by atomic mass is 79.9. The van der Waals surface area contributed by atoms with Crippen LogP contribution in [-0.4, -0.2) is 19.7 Å². The average Bonchev–Trinajstić information content (AvgIpc) is 2.29. The number of hydrogen-bond acceptors (Lipinski definition) is 2. The van der Waals surface area contributed by atoms with Gasteiger partial charge in [-0.15, -0.1) is 0 Å². The van der Waals surface area contributed by atoms with E-state index in [1.54, 1.807) is 0 Å². The Morgan fingerprint density at radius 1 is 1.59 bits per heavy atom. The molecule has 0 aromatic heterocycles. The molecular weight excluding hydrogens is 308 g/mol. The topological polar surface area (TPSA) is 21.3 Å². The third-order valence-electron chi connectivity index (χ3n) is 2.03. The van der Waals surface area contributed by atoms with Gasteiger partial charge in [0.2, 0.25) is 0 Å². The summed E-state index contributed by atoms with van der Waals surface area (Å²) in [5.41, 5.74) is 0.897. The molecule has 0 unspecified atom stereocenters. The summed E-state index contributed by atoms with van der Waals surface area (Å²) < 4.78 is 19.3. The Morgan fingerprint density at radius 3 is 2.94 bits per heavy atom. The van der Waals surface area contributed by atoms with Crippen molar-refractivity contribution in [3.63, 3.8) is 0 Å². The van der Waals surface area contributed by atoms with Gasteiger partial charge in [-0.25, -0.2) is 4.39 Å². The molecule has 17 heavy (non-hydrogen) atoms. The summed E-state index contributed by atoms with van der Waals surface area (Å²) in [6.07, 6.45) is 0. The number of rotatable bonds is 6. The molecule has 0 saturated heterocycles. The van der Waals surface area contributed by atoms with Crippen LogP contribution in [0.4, 0.5) is 4.39 Å². The Hall–Kier alpha value is -0.580. The van der Waals surface area contributed by atoms with Gasteiger partial charge in [0, 0.05) is 12.6 Å². The maximum Gasteiger partial charge on any atom is 0.145 e. The molecule has 1 rings (SSSR count). The first kappa shape index (κ1) is 14.5. The molecule has 0 saturated carbocycles. The Morgan fingerprint density at radius 2 is 2.29 bits per heavy atom. The molecule has 5 heteroatoms. The van der Waals surface area contributed by atoms with Gasteiger partial charge in [-0.05, 0) is 34.1 Å². The minimum atomic E-state index is -0.498. The van der Waals surface area contributed by atoms with Crippen molar-refractivity contribution in [3.8, 4) is 5.75 Å². The van der Waals surface area contributed by atoms with E-state index in [1.165, 1.54) is 12.1 Å². The smallest absolute Gasteiger partial charge is 0.145 e. The molecule has 94 valence electrons. The summed E-state index contributed by atoms with van der Waals surface area (Å²) in [6.45, 7) is 7.77. The van der Waals surface area contributed by atoms with Crippen LogP contribution in [0.25, 0.3) is 0 Å². The number of nitrogens with one attached hydrogen (secondary N) is 1. The van der Waals surface area contributed by atoms with E-state index in [2.05, 4.69) is 27.8 Å². The highest BCUT2D eigenvalue weighted by molar-refractivity contribution is 9.10. The summed E-state index contributed by atoms with van der Waals surface area (Å²) in [7, 11) is 0. The highest BCUT2D eigenvalue weighted by Gasteiger charge is 2.08. The molecule has 1 aromatic rings. The molecule has 0 radical (unpaired) electrons. The van der Waals surface area contributed by atoms with Crippen LogP contribution < -0.4 is 10.1 Å². The second-order valence-corrected chi connectivity index (χ2v) is 4.78. The predicted molar refractivity (Wildman–Crippen MR) is 72.3 cm³/mol. The molecule has 0 fully saturated rings. The van der Waals surface area contributed by atoms with Crippen LogP contribution in [-0.2, 0) is 0 Å². The van der Waals surface area contributed by atoms with E-state index in [1.807, 2.05) is 6.92 Å². The monoisotopic (exact) mass is 321 g/mol. The van der Waals surface area contributed by atoms with E-state index in [0.29, 0.717) is 23.4 Å². The summed E-state index contributed by atoms with van der Waals surface area (Å²) in [6, 6.07) is 2.73. The Balaban J connectivity index is 2.57. The van der Waals surface area contributed by atoms with Crippen molar-refractivity contribution in [2.75, 3.05) is 19.7 Å². The van der Waals surface area contributed by atoms with Gasteiger partial charge in [-0.2, -0.15) is 0 Å². The Bertz CT molecular complexity index is 412. The van der Waals surface area contributed by atoms with Gasteiger partial charge in [-0.1, -0.05) is 25.1 Å². The number of likely N-dealkylation sites (N-methyl/N-ethyl adjacent to an activating group) is 1. The number of benzene rings is 1. The molecule has 0 aliphatic carbocycles. The van der Waals surface area contributed by atoms with Crippen LogP contribution >= 0.6 is 27.5 Å². The predicted octanol–water partition coefficient (Wildman–Crippen LogP) is 3.79. The maximum atomic E-state index is 13.2. The molecule has 2 nitrogen and oxygen atoms in total. The third-order valence-corrected chi connectivity index (χ3v) is 2.94. The number of halogens is 3. The maximum absolute atomic E-state index is 13.2. The first-order valence-electron chi connectivity index (χ1n) is 5.19. The lowest BCUT2D eigenvalue weighted by atomic mass is 10.3. The minimum Gasteiger partial charge on any atom is -0.488 e. The molecular formula is C12H14BrClFNO. The fraction of sp³-hybridized carbons (Fsp3) is 0.333. The second-order valence-electron chi connectivity index (χ2n) is 3.52. The van der Waals surface area contributed by atoms with Gasteiger partial charge in [0.15, 0.2) is 0 Å². The second kappa shape index (κ2) is 6.99. The van der Waals surface area contributed by atoms with Crippen molar-refractivity contribution in [2.45, 2.75) is 6.92 Å². The first-order chi connectivity index (χ1) is 8.04. The summed E-state index contributed by atoms with van der Waals surface area (Å²) in [5, 5.41) is 3.20. The Labute approximate surface area is 114 Å². The summed E-state index contributed by atoms with van der Waals surface area (Å²) in [4.78, 5) is 0. The number of ether oxygens (including phenoxy) is 1. The number of hydrogen-bond donors (Lipinski definition) is 1. The van der Waals surface area contributed by atoms with Crippen LogP contribution in [0.3, 0.4) is 0 Å². The first-order valence-corrected chi connectivity index (χ1v) is 6.36. The average molecular weight is 323 g/mol. The standard InChI is InChI=1S/C12H14BrClFNO/c1-3-16-6-8(2)7-17-12-5-11(15)10(14)4-9(12)13/h4-5,16H,2-3,6-7H2,1H3. The van der Waals surface area contributed by atoms with E-state index in [4.69, 9.17) is 16.3 Å². The summed E-state index contributed by atoms with van der Waals surface area (Å²) in [5.74, 6) is -0.0771. The molecule has 0 bridgehead atoms. The quantitative estimate of drug-likeness (QED) is 0.635. The van der Waals surface area contributed by atoms with Crippen molar-refractivity contribution in [2.24, 2.45) is 0 Å². The highest BCUT2D eigenvalue weighted by Crippen LogP contribution is 2.30. The van der Waals surface area contributed by atoms with Gasteiger partial charge in [-0.3, -0.25) is 0 Å². The zero-order valence-electron chi connectivity index (χ0n) is 9.53. The fourth-order valence-corrected chi connectivity index (χ4v) is 1.90. The van der Waals surface area contributed by atoms with Crippen LogP contribution in [0.2, 0.25) is 5.02 Å². The molecule has 0 aliphatic rings. The van der Waals surface area contributed by atoms with Crippen LogP contribution in [0.1, 0.15) is 6.92 Å². The lowest BCUT2D eigenvalue weighted by Gasteiger charge is -2.11. The van der Waals surface area contributed by atoms with Crippen molar-refractivity contribution in [3.05, 3.63) is 39.6 Å².